The van der Waals surface area contributed by atoms with Gasteiger partial charge in [-0.2, -0.15) is 0 Å². The Morgan fingerprint density at radius 1 is 1.50 bits per heavy atom. The molecular formula is C13H26N2O3. The number of nitrogens with two attached hydrogens (primary N) is 1. The van der Waals surface area contributed by atoms with Gasteiger partial charge >= 0.3 is 0 Å². The van der Waals surface area contributed by atoms with E-state index < -0.39 is 6.10 Å². The standard InChI is InChI=1S/C13H26N2O3/c1-9-5-10(7-13(2,3)6-9)18-11(8-17-4)12(16)15-14/h9-11H,5-8,14H2,1-4H3,(H,15,16). The van der Waals surface area contributed by atoms with Gasteiger partial charge in [0.1, 0.15) is 0 Å². The Hall–Kier alpha value is -0.650. The van der Waals surface area contributed by atoms with E-state index in [1.165, 1.54) is 6.42 Å². The largest absolute Gasteiger partial charge is 0.381 e. The minimum Gasteiger partial charge on any atom is -0.381 e. The molecule has 0 aliphatic heterocycles. The molecule has 1 saturated carbocycles. The summed E-state index contributed by atoms with van der Waals surface area (Å²) in [6, 6.07) is 0. The predicted molar refractivity (Wildman–Crippen MR) is 69.7 cm³/mol. The maximum atomic E-state index is 11.6. The Morgan fingerprint density at radius 2 is 2.17 bits per heavy atom. The number of hydrogen-bond acceptors (Lipinski definition) is 4. The molecule has 0 heterocycles. The fraction of sp³-hybridized carbons (Fsp3) is 0.923. The molecule has 5 nitrogen and oxygen atoms in total. The third kappa shape index (κ3) is 4.55. The first-order valence-corrected chi connectivity index (χ1v) is 6.53. The zero-order valence-corrected chi connectivity index (χ0v) is 11.9. The summed E-state index contributed by atoms with van der Waals surface area (Å²) in [6.45, 7) is 6.95. The minimum absolute atomic E-state index is 0.0983. The van der Waals surface area contributed by atoms with Gasteiger partial charge in [0, 0.05) is 7.11 Å². The van der Waals surface area contributed by atoms with Gasteiger partial charge in [-0.1, -0.05) is 20.8 Å². The first-order valence-electron chi connectivity index (χ1n) is 6.53. The molecule has 0 spiro atoms. The third-order valence-corrected chi connectivity index (χ3v) is 3.46. The van der Waals surface area contributed by atoms with Crippen LogP contribution in [0.4, 0.5) is 0 Å². The second kappa shape index (κ2) is 6.50. The monoisotopic (exact) mass is 258 g/mol. The van der Waals surface area contributed by atoms with E-state index in [0.29, 0.717) is 5.92 Å². The Morgan fingerprint density at radius 3 is 2.67 bits per heavy atom. The summed E-state index contributed by atoms with van der Waals surface area (Å²) < 4.78 is 10.9. The van der Waals surface area contributed by atoms with E-state index in [1.807, 2.05) is 0 Å². The highest BCUT2D eigenvalue weighted by molar-refractivity contribution is 5.80. The van der Waals surface area contributed by atoms with Gasteiger partial charge in [0.2, 0.25) is 0 Å². The molecule has 0 aromatic rings. The highest BCUT2D eigenvalue weighted by Crippen LogP contribution is 2.39. The lowest BCUT2D eigenvalue weighted by Crippen LogP contribution is -2.46. The second-order valence-electron chi connectivity index (χ2n) is 6.12. The lowest BCUT2D eigenvalue weighted by atomic mass is 9.71. The predicted octanol–water partition coefficient (Wildman–Crippen LogP) is 1.22. The van der Waals surface area contributed by atoms with Crippen molar-refractivity contribution in [3.8, 4) is 0 Å². The van der Waals surface area contributed by atoms with Crippen molar-refractivity contribution >= 4 is 5.91 Å². The zero-order chi connectivity index (χ0) is 13.8. The summed E-state index contributed by atoms with van der Waals surface area (Å²) in [6.07, 6.45) is 2.63. The van der Waals surface area contributed by atoms with Crippen LogP contribution in [0.25, 0.3) is 0 Å². The lowest BCUT2D eigenvalue weighted by molar-refractivity contribution is -0.146. The van der Waals surface area contributed by atoms with Gasteiger partial charge < -0.3 is 9.47 Å². The van der Waals surface area contributed by atoms with Crippen molar-refractivity contribution in [1.29, 1.82) is 0 Å². The molecule has 0 radical (unpaired) electrons. The van der Waals surface area contributed by atoms with E-state index in [-0.39, 0.29) is 24.0 Å². The molecule has 1 fully saturated rings. The molecule has 0 saturated heterocycles. The number of hydrazine groups is 1. The van der Waals surface area contributed by atoms with Gasteiger partial charge in [0.15, 0.2) is 6.10 Å². The molecule has 3 unspecified atom stereocenters. The molecule has 106 valence electrons. The highest BCUT2D eigenvalue weighted by atomic mass is 16.5. The van der Waals surface area contributed by atoms with Crippen molar-refractivity contribution in [2.75, 3.05) is 13.7 Å². The first-order chi connectivity index (χ1) is 8.38. The van der Waals surface area contributed by atoms with Crippen LogP contribution in [0.15, 0.2) is 0 Å². The van der Waals surface area contributed by atoms with Crippen LogP contribution in [0, 0.1) is 11.3 Å². The van der Waals surface area contributed by atoms with Crippen LogP contribution in [0.3, 0.4) is 0 Å². The van der Waals surface area contributed by atoms with Crippen LogP contribution in [0.5, 0.6) is 0 Å². The molecule has 1 aliphatic rings. The smallest absolute Gasteiger partial charge is 0.265 e. The number of ether oxygens (including phenoxy) is 2. The molecule has 1 amide bonds. The maximum absolute atomic E-state index is 11.6. The average Bonchev–Trinajstić information content (AvgIpc) is 2.24. The van der Waals surface area contributed by atoms with Crippen LogP contribution in [0.2, 0.25) is 0 Å². The number of hydrogen-bond donors (Lipinski definition) is 2. The zero-order valence-electron chi connectivity index (χ0n) is 11.9. The van der Waals surface area contributed by atoms with Crippen molar-refractivity contribution in [2.24, 2.45) is 17.2 Å². The lowest BCUT2D eigenvalue weighted by Gasteiger charge is -2.39. The molecule has 0 bridgehead atoms. The van der Waals surface area contributed by atoms with Crippen LogP contribution in [-0.2, 0) is 14.3 Å². The van der Waals surface area contributed by atoms with Gasteiger partial charge in [-0.3, -0.25) is 10.2 Å². The average molecular weight is 258 g/mol. The van der Waals surface area contributed by atoms with Crippen LogP contribution in [-0.4, -0.2) is 31.8 Å². The third-order valence-electron chi connectivity index (χ3n) is 3.46. The molecule has 1 aliphatic carbocycles. The number of carbonyl (C=O) groups excluding carboxylic acids is 1. The van der Waals surface area contributed by atoms with Crippen molar-refractivity contribution < 1.29 is 14.3 Å². The molecule has 3 N–H and O–H groups in total. The summed E-state index contributed by atoms with van der Waals surface area (Å²) in [5, 5.41) is 0. The quantitative estimate of drug-likeness (QED) is 0.442. The van der Waals surface area contributed by atoms with E-state index in [0.717, 1.165) is 12.8 Å². The molecule has 3 atom stereocenters. The van der Waals surface area contributed by atoms with Gasteiger partial charge in [-0.25, -0.2) is 5.84 Å². The van der Waals surface area contributed by atoms with Crippen LogP contribution >= 0.6 is 0 Å². The van der Waals surface area contributed by atoms with E-state index in [1.54, 1.807) is 7.11 Å². The fourth-order valence-corrected chi connectivity index (χ4v) is 3.02. The van der Waals surface area contributed by atoms with Gasteiger partial charge in [0.25, 0.3) is 5.91 Å². The minimum atomic E-state index is -0.619. The Balaban J connectivity index is 2.60. The molecular weight excluding hydrogens is 232 g/mol. The molecule has 0 aromatic carbocycles. The summed E-state index contributed by atoms with van der Waals surface area (Å²) in [5.74, 6) is 5.44. The SMILES string of the molecule is COCC(OC1CC(C)CC(C)(C)C1)C(=O)NN. The normalized spacial score (nSPS) is 28.7. The van der Waals surface area contributed by atoms with E-state index >= 15 is 0 Å². The number of nitrogens with one attached hydrogen (secondary N) is 1. The van der Waals surface area contributed by atoms with Crippen LogP contribution in [0.1, 0.15) is 40.0 Å². The fourth-order valence-electron chi connectivity index (χ4n) is 3.02. The molecule has 5 heteroatoms. The number of rotatable bonds is 5. The Kier molecular flexibility index (Phi) is 5.56. The van der Waals surface area contributed by atoms with Gasteiger partial charge in [-0.05, 0) is 30.6 Å². The molecule has 1 rings (SSSR count). The van der Waals surface area contributed by atoms with Gasteiger partial charge in [-0.15, -0.1) is 0 Å². The summed E-state index contributed by atoms with van der Waals surface area (Å²) in [7, 11) is 1.55. The number of carbonyl (C=O) groups is 1. The second-order valence-corrected chi connectivity index (χ2v) is 6.12. The van der Waals surface area contributed by atoms with Crippen molar-refractivity contribution in [3.05, 3.63) is 0 Å². The molecule has 18 heavy (non-hydrogen) atoms. The Labute approximate surface area is 109 Å². The first kappa shape index (κ1) is 15.4. The summed E-state index contributed by atoms with van der Waals surface area (Å²) in [4.78, 5) is 11.6. The van der Waals surface area contributed by atoms with Crippen molar-refractivity contribution in [3.63, 3.8) is 0 Å². The number of amides is 1. The maximum Gasteiger partial charge on any atom is 0.265 e. The summed E-state index contributed by atoms with van der Waals surface area (Å²) in [5.41, 5.74) is 2.39. The number of methoxy groups -OCH3 is 1. The van der Waals surface area contributed by atoms with Crippen molar-refractivity contribution in [2.45, 2.75) is 52.2 Å². The van der Waals surface area contributed by atoms with E-state index in [9.17, 15) is 4.79 Å². The topological polar surface area (TPSA) is 73.6 Å². The van der Waals surface area contributed by atoms with E-state index in [4.69, 9.17) is 15.3 Å². The summed E-state index contributed by atoms with van der Waals surface area (Å²) >= 11 is 0. The van der Waals surface area contributed by atoms with Crippen molar-refractivity contribution in [1.82, 2.24) is 5.43 Å². The van der Waals surface area contributed by atoms with E-state index in [2.05, 4.69) is 26.2 Å². The van der Waals surface area contributed by atoms with Gasteiger partial charge in [0.05, 0.1) is 12.7 Å². The Bertz CT molecular complexity index is 281. The van der Waals surface area contributed by atoms with Crippen LogP contribution < -0.4 is 11.3 Å². The highest BCUT2D eigenvalue weighted by Gasteiger charge is 2.34. The molecule has 0 aromatic heterocycles.